The fraction of sp³-hybridized carbons (Fsp3) is 0.586. The quantitative estimate of drug-likeness (QED) is 0.456. The number of rotatable bonds is 8. The number of phenols is 2. The number of hydrogen-bond donors (Lipinski definition) is 2. The second kappa shape index (κ2) is 8.19. The summed E-state index contributed by atoms with van der Waals surface area (Å²) < 4.78 is 0. The lowest BCUT2D eigenvalue weighted by Gasteiger charge is -2.36. The molecule has 0 saturated heterocycles. The van der Waals surface area contributed by atoms with Crippen LogP contribution in [-0.2, 0) is 16.2 Å². The van der Waals surface area contributed by atoms with E-state index >= 15 is 0 Å². The predicted molar refractivity (Wildman–Crippen MR) is 129 cm³/mol. The first-order valence-electron chi connectivity index (χ1n) is 12.6. The zero-order valence-corrected chi connectivity index (χ0v) is 19.9. The minimum atomic E-state index is -0.114. The van der Waals surface area contributed by atoms with E-state index in [1.165, 1.54) is 73.6 Å². The van der Waals surface area contributed by atoms with Gasteiger partial charge in [0.05, 0.1) is 0 Å². The molecule has 0 fully saturated rings. The van der Waals surface area contributed by atoms with Crippen LogP contribution in [0.15, 0.2) is 36.4 Å². The Morgan fingerprint density at radius 2 is 0.935 bits per heavy atom. The Bertz CT molecular complexity index is 852. The van der Waals surface area contributed by atoms with E-state index in [1.807, 2.05) is 12.1 Å². The van der Waals surface area contributed by atoms with E-state index in [4.69, 9.17) is 0 Å². The summed E-state index contributed by atoms with van der Waals surface area (Å²) in [6.45, 7) is 9.20. The smallest absolute Gasteiger partial charge is 0.115 e. The molecule has 0 bridgehead atoms. The maximum atomic E-state index is 10.6. The second-order valence-electron chi connectivity index (χ2n) is 10.5. The molecular weight excluding hydrogens is 380 g/mol. The van der Waals surface area contributed by atoms with E-state index in [0.717, 1.165) is 12.8 Å². The van der Waals surface area contributed by atoms with Crippen LogP contribution < -0.4 is 0 Å². The van der Waals surface area contributed by atoms with Crippen LogP contribution in [0.25, 0.3) is 0 Å². The van der Waals surface area contributed by atoms with E-state index < -0.39 is 0 Å². The molecule has 2 aromatic rings. The molecular formula is C29H40O2. The molecule has 0 saturated carbocycles. The van der Waals surface area contributed by atoms with E-state index in [1.54, 1.807) is 0 Å². The minimum Gasteiger partial charge on any atom is -0.508 e. The van der Waals surface area contributed by atoms with Crippen LogP contribution in [0.3, 0.4) is 0 Å². The van der Waals surface area contributed by atoms with Crippen molar-refractivity contribution in [3.8, 4) is 11.5 Å². The number of fused-ring (bicyclic) bond motifs is 4. The van der Waals surface area contributed by atoms with Crippen molar-refractivity contribution in [3.05, 3.63) is 58.7 Å². The van der Waals surface area contributed by atoms with Gasteiger partial charge in [-0.3, -0.25) is 0 Å². The largest absolute Gasteiger partial charge is 0.508 e. The van der Waals surface area contributed by atoms with Crippen molar-refractivity contribution in [2.45, 2.75) is 108 Å². The number of hydrogen-bond acceptors (Lipinski definition) is 2. The summed E-state index contributed by atoms with van der Waals surface area (Å²) in [6, 6.07) is 12.3. The Morgan fingerprint density at radius 3 is 1.26 bits per heavy atom. The van der Waals surface area contributed by atoms with Crippen molar-refractivity contribution < 1.29 is 10.2 Å². The summed E-state index contributed by atoms with van der Waals surface area (Å²) in [5, 5.41) is 21.1. The molecule has 4 rings (SSSR count). The average Bonchev–Trinajstić information content (AvgIpc) is 3.13. The van der Waals surface area contributed by atoms with Crippen molar-refractivity contribution in [1.29, 1.82) is 0 Å². The van der Waals surface area contributed by atoms with Gasteiger partial charge in [-0.15, -0.1) is 0 Å². The third-order valence-corrected chi connectivity index (χ3v) is 8.37. The van der Waals surface area contributed by atoms with E-state index in [-0.39, 0.29) is 16.2 Å². The maximum Gasteiger partial charge on any atom is 0.115 e. The molecule has 2 aliphatic carbocycles. The summed E-state index contributed by atoms with van der Waals surface area (Å²) in [5.74, 6) is 0.735. The molecule has 0 radical (unpaired) electrons. The number of benzene rings is 2. The van der Waals surface area contributed by atoms with Gasteiger partial charge in [0, 0.05) is 5.41 Å². The molecule has 2 aliphatic rings. The topological polar surface area (TPSA) is 40.5 Å². The Morgan fingerprint density at radius 1 is 0.581 bits per heavy atom. The summed E-state index contributed by atoms with van der Waals surface area (Å²) in [6.07, 6.45) is 11.6. The number of aromatic hydroxyl groups is 2. The molecule has 0 heterocycles. The van der Waals surface area contributed by atoms with E-state index in [0.29, 0.717) is 11.5 Å². The van der Waals surface area contributed by atoms with Crippen molar-refractivity contribution in [1.82, 2.24) is 0 Å². The molecule has 2 nitrogen and oxygen atoms in total. The van der Waals surface area contributed by atoms with Crippen molar-refractivity contribution in [2.75, 3.05) is 0 Å². The summed E-state index contributed by atoms with van der Waals surface area (Å²) >= 11 is 0. The average molecular weight is 421 g/mol. The molecule has 2 heteroatoms. The van der Waals surface area contributed by atoms with Gasteiger partial charge in [0.2, 0.25) is 0 Å². The van der Waals surface area contributed by atoms with Gasteiger partial charge in [-0.05, 0) is 95.9 Å². The normalized spacial score (nSPS) is 19.5. The highest BCUT2D eigenvalue weighted by Crippen LogP contribution is 2.67. The number of phenolic OH excluding ortho intramolecular Hbond substituents is 2. The third-order valence-electron chi connectivity index (χ3n) is 8.37. The molecule has 0 amide bonds. The van der Waals surface area contributed by atoms with Gasteiger partial charge in [0.1, 0.15) is 11.5 Å². The van der Waals surface area contributed by atoms with Crippen molar-refractivity contribution >= 4 is 0 Å². The standard InChI is InChI=1S/C29H40O2/c1-5-13-27(14-6-2)19-29(25-17-21(30)9-11-23(25)27)20-28(15-7-3,16-8-4)24-12-10-22(31)18-26(24)29/h9-12,17-18,30-31H,5-8,13-16,19-20H2,1-4H3. The molecule has 0 atom stereocenters. The van der Waals surface area contributed by atoms with E-state index in [2.05, 4.69) is 52.0 Å². The van der Waals surface area contributed by atoms with Crippen LogP contribution in [0.1, 0.15) is 114 Å². The Kier molecular flexibility index (Phi) is 5.87. The van der Waals surface area contributed by atoms with Gasteiger partial charge in [-0.2, -0.15) is 0 Å². The lowest BCUT2D eigenvalue weighted by molar-refractivity contribution is 0.256. The summed E-state index contributed by atoms with van der Waals surface area (Å²) in [4.78, 5) is 0. The van der Waals surface area contributed by atoms with Gasteiger partial charge < -0.3 is 10.2 Å². The van der Waals surface area contributed by atoms with Gasteiger partial charge in [0.25, 0.3) is 0 Å². The minimum absolute atomic E-state index is 0.114. The predicted octanol–water partition coefficient (Wildman–Crippen LogP) is 7.87. The molecule has 1 spiro atoms. The first kappa shape index (κ1) is 22.2. The monoisotopic (exact) mass is 420 g/mol. The van der Waals surface area contributed by atoms with Crippen LogP contribution in [0, 0.1) is 0 Å². The van der Waals surface area contributed by atoms with Crippen LogP contribution in [0.4, 0.5) is 0 Å². The molecule has 0 aliphatic heterocycles. The molecule has 31 heavy (non-hydrogen) atoms. The van der Waals surface area contributed by atoms with Gasteiger partial charge in [0.15, 0.2) is 0 Å². The van der Waals surface area contributed by atoms with Crippen LogP contribution in [-0.4, -0.2) is 10.2 Å². The van der Waals surface area contributed by atoms with E-state index in [9.17, 15) is 10.2 Å². The highest BCUT2D eigenvalue weighted by atomic mass is 16.3. The fourth-order valence-electron chi connectivity index (χ4n) is 7.77. The van der Waals surface area contributed by atoms with Gasteiger partial charge in [-0.1, -0.05) is 65.5 Å². The van der Waals surface area contributed by atoms with Gasteiger partial charge in [-0.25, -0.2) is 0 Å². The lowest BCUT2D eigenvalue weighted by Crippen LogP contribution is -2.31. The van der Waals surface area contributed by atoms with Crippen LogP contribution >= 0.6 is 0 Å². The molecule has 0 aromatic heterocycles. The second-order valence-corrected chi connectivity index (χ2v) is 10.5. The van der Waals surface area contributed by atoms with Gasteiger partial charge >= 0.3 is 0 Å². The third kappa shape index (κ3) is 3.29. The van der Waals surface area contributed by atoms with Crippen molar-refractivity contribution in [2.24, 2.45) is 0 Å². The first-order chi connectivity index (χ1) is 14.9. The lowest BCUT2D eigenvalue weighted by atomic mass is 9.67. The zero-order chi connectivity index (χ0) is 22.3. The molecule has 0 unspecified atom stereocenters. The highest BCUT2D eigenvalue weighted by molar-refractivity contribution is 5.62. The Hall–Kier alpha value is -1.96. The zero-order valence-electron chi connectivity index (χ0n) is 19.9. The van der Waals surface area contributed by atoms with Crippen LogP contribution in [0.2, 0.25) is 0 Å². The highest BCUT2D eigenvalue weighted by Gasteiger charge is 2.59. The molecule has 2 N–H and O–H groups in total. The first-order valence-corrected chi connectivity index (χ1v) is 12.6. The Labute approximate surface area is 188 Å². The molecule has 2 aromatic carbocycles. The van der Waals surface area contributed by atoms with Crippen molar-refractivity contribution in [3.63, 3.8) is 0 Å². The van der Waals surface area contributed by atoms with Crippen LogP contribution in [0.5, 0.6) is 11.5 Å². The summed E-state index contributed by atoms with van der Waals surface area (Å²) in [5.41, 5.74) is 5.76. The molecule has 168 valence electrons. The maximum absolute atomic E-state index is 10.6. The summed E-state index contributed by atoms with van der Waals surface area (Å²) in [7, 11) is 0. The Balaban J connectivity index is 2.01. The SMILES string of the molecule is CCCC1(CCC)CC2(CC(CCC)(CCC)c3ccc(O)cc32)c2cc(O)ccc21. The fourth-order valence-corrected chi connectivity index (χ4v) is 7.77.